The van der Waals surface area contributed by atoms with E-state index < -0.39 is 0 Å². The highest BCUT2D eigenvalue weighted by Crippen LogP contribution is 2.00. The highest BCUT2D eigenvalue weighted by molar-refractivity contribution is 4.75. The summed E-state index contributed by atoms with van der Waals surface area (Å²) in [6.45, 7) is 4.30. The molecule has 0 saturated carbocycles. The first-order valence-electron chi connectivity index (χ1n) is 3.18. The Labute approximate surface area is 52.7 Å². The Morgan fingerprint density at radius 1 is 1.50 bits per heavy atom. The Morgan fingerprint density at radius 2 is 2.00 bits per heavy atom. The van der Waals surface area contributed by atoms with Crippen molar-refractivity contribution in [2.45, 2.75) is 26.3 Å². The fraction of sp³-hybridized carbons (Fsp3) is 0.857. The van der Waals surface area contributed by atoms with Crippen LogP contribution >= 0.6 is 0 Å². The highest BCUT2D eigenvalue weighted by Gasteiger charge is 2.03. The molecule has 0 aromatic carbocycles. The molecule has 0 heterocycles. The van der Waals surface area contributed by atoms with Gasteiger partial charge in [0.25, 0.3) is 0 Å². The van der Waals surface area contributed by atoms with E-state index in [-0.39, 0.29) is 0 Å². The van der Waals surface area contributed by atoms with Crippen LogP contribution in [0.25, 0.3) is 0 Å². The van der Waals surface area contributed by atoms with E-state index in [1.807, 2.05) is 0 Å². The summed E-state index contributed by atoms with van der Waals surface area (Å²) in [6.07, 6.45) is 3.43. The molecule has 0 aromatic rings. The molecule has 1 atom stereocenters. The van der Waals surface area contributed by atoms with Crippen molar-refractivity contribution >= 4 is 0 Å². The van der Waals surface area contributed by atoms with Crippen LogP contribution in [-0.4, -0.2) is 25.0 Å². The molecule has 0 N–H and O–H groups in total. The summed E-state index contributed by atoms with van der Waals surface area (Å²) in [6, 6.07) is 0.662. The molecule has 1 unspecified atom stereocenters. The lowest BCUT2D eigenvalue weighted by atomic mass is 10.1. The van der Waals surface area contributed by atoms with Crippen LogP contribution in [0.2, 0.25) is 0 Å². The minimum Gasteiger partial charge on any atom is -0.306 e. The van der Waals surface area contributed by atoms with Gasteiger partial charge in [0, 0.05) is 6.04 Å². The van der Waals surface area contributed by atoms with Crippen LogP contribution in [0, 0.1) is 6.42 Å². The van der Waals surface area contributed by atoms with E-state index in [4.69, 9.17) is 0 Å². The smallest absolute Gasteiger partial charge is 0.0115 e. The minimum absolute atomic E-state index is 0.662. The van der Waals surface area contributed by atoms with Gasteiger partial charge in [-0.1, -0.05) is 13.8 Å². The van der Waals surface area contributed by atoms with Gasteiger partial charge in [-0.05, 0) is 26.9 Å². The van der Waals surface area contributed by atoms with E-state index in [0.717, 1.165) is 0 Å². The molecule has 0 fully saturated rings. The molecule has 0 saturated heterocycles. The van der Waals surface area contributed by atoms with Gasteiger partial charge in [-0.15, -0.1) is 0 Å². The molecule has 1 heteroatoms. The highest BCUT2D eigenvalue weighted by atomic mass is 15.1. The van der Waals surface area contributed by atoms with Gasteiger partial charge in [-0.2, -0.15) is 0 Å². The first-order valence-corrected chi connectivity index (χ1v) is 3.18. The van der Waals surface area contributed by atoms with Crippen LogP contribution in [0.5, 0.6) is 0 Å². The normalized spacial score (nSPS) is 11.2. The van der Waals surface area contributed by atoms with Gasteiger partial charge < -0.3 is 4.90 Å². The first-order chi connectivity index (χ1) is 3.72. The van der Waals surface area contributed by atoms with E-state index in [2.05, 4.69) is 39.3 Å². The second-order valence-corrected chi connectivity index (χ2v) is 2.27. The zero-order valence-corrected chi connectivity index (χ0v) is 6.31. The van der Waals surface area contributed by atoms with Crippen molar-refractivity contribution in [1.82, 2.24) is 4.90 Å². The summed E-state index contributed by atoms with van der Waals surface area (Å²) in [5.41, 5.74) is 0. The third kappa shape index (κ3) is 2.31. The second kappa shape index (κ2) is 3.90. The fourth-order valence-corrected chi connectivity index (χ4v) is 0.899. The van der Waals surface area contributed by atoms with E-state index >= 15 is 0 Å². The van der Waals surface area contributed by atoms with Gasteiger partial charge in [-0.25, -0.2) is 0 Å². The van der Waals surface area contributed by atoms with Gasteiger partial charge >= 0.3 is 0 Å². The van der Waals surface area contributed by atoms with Crippen LogP contribution in [0.15, 0.2) is 0 Å². The van der Waals surface area contributed by atoms with Crippen molar-refractivity contribution in [2.24, 2.45) is 0 Å². The summed E-state index contributed by atoms with van der Waals surface area (Å²) in [7, 11) is 4.21. The number of hydrogen-bond donors (Lipinski definition) is 0. The van der Waals surface area contributed by atoms with E-state index in [1.165, 1.54) is 6.42 Å². The molecule has 0 aliphatic heterocycles. The van der Waals surface area contributed by atoms with E-state index in [0.29, 0.717) is 6.04 Å². The van der Waals surface area contributed by atoms with Gasteiger partial charge in [-0.3, -0.25) is 0 Å². The van der Waals surface area contributed by atoms with Gasteiger partial charge in [0.1, 0.15) is 0 Å². The van der Waals surface area contributed by atoms with Crippen LogP contribution < -0.4 is 0 Å². The second-order valence-electron chi connectivity index (χ2n) is 2.27. The zero-order valence-electron chi connectivity index (χ0n) is 6.31. The SMILES string of the molecule is C[CH]C(CC)N(C)C. The van der Waals surface area contributed by atoms with E-state index in [9.17, 15) is 0 Å². The molecule has 0 amide bonds. The Kier molecular flexibility index (Phi) is 3.88. The lowest BCUT2D eigenvalue weighted by molar-refractivity contribution is 0.319. The summed E-state index contributed by atoms with van der Waals surface area (Å²) < 4.78 is 0. The number of nitrogens with zero attached hydrogens (tertiary/aromatic N) is 1. The van der Waals surface area contributed by atoms with Crippen LogP contribution in [-0.2, 0) is 0 Å². The molecule has 8 heavy (non-hydrogen) atoms. The number of rotatable bonds is 3. The van der Waals surface area contributed by atoms with Crippen molar-refractivity contribution in [1.29, 1.82) is 0 Å². The lowest BCUT2D eigenvalue weighted by Crippen LogP contribution is -2.26. The molecule has 0 spiro atoms. The maximum atomic E-state index is 2.22. The maximum Gasteiger partial charge on any atom is 0.0115 e. The molecule has 1 nitrogen and oxygen atoms in total. The van der Waals surface area contributed by atoms with Crippen LogP contribution in [0.4, 0.5) is 0 Å². The van der Waals surface area contributed by atoms with Crippen LogP contribution in [0.3, 0.4) is 0 Å². The fourth-order valence-electron chi connectivity index (χ4n) is 0.899. The third-order valence-electron chi connectivity index (χ3n) is 1.47. The standard InChI is InChI=1S/C7H16N/c1-5-7(6-2)8(3)4/h5,7H,6H2,1-4H3. The Bertz CT molecular complexity index is 46.3. The van der Waals surface area contributed by atoms with Gasteiger partial charge in [0.2, 0.25) is 0 Å². The lowest BCUT2D eigenvalue weighted by Gasteiger charge is -2.19. The Morgan fingerprint density at radius 3 is 2.00 bits per heavy atom. The predicted octanol–water partition coefficient (Wildman–Crippen LogP) is 1.55. The van der Waals surface area contributed by atoms with E-state index in [1.54, 1.807) is 0 Å². The summed E-state index contributed by atoms with van der Waals surface area (Å²) in [5.74, 6) is 0. The molecule has 0 aromatic heterocycles. The Hall–Kier alpha value is -0.0400. The molecular weight excluding hydrogens is 98.1 g/mol. The van der Waals surface area contributed by atoms with Crippen molar-refractivity contribution in [3.8, 4) is 0 Å². The molecule has 0 bridgehead atoms. The quantitative estimate of drug-likeness (QED) is 0.538. The van der Waals surface area contributed by atoms with Crippen molar-refractivity contribution < 1.29 is 0 Å². The zero-order chi connectivity index (χ0) is 6.57. The van der Waals surface area contributed by atoms with Crippen molar-refractivity contribution in [3.05, 3.63) is 6.42 Å². The summed E-state index contributed by atoms with van der Waals surface area (Å²) in [5, 5.41) is 0. The number of hydrogen-bond acceptors (Lipinski definition) is 1. The predicted molar refractivity (Wildman–Crippen MR) is 37.7 cm³/mol. The average molecular weight is 114 g/mol. The average Bonchev–Trinajstić information content (AvgIpc) is 1.69. The van der Waals surface area contributed by atoms with Gasteiger partial charge in [0.15, 0.2) is 0 Å². The molecular formula is C7H16N. The largest absolute Gasteiger partial charge is 0.306 e. The Balaban J connectivity index is 3.35. The molecule has 0 rings (SSSR count). The minimum atomic E-state index is 0.662. The molecule has 0 aliphatic rings. The topological polar surface area (TPSA) is 3.24 Å². The van der Waals surface area contributed by atoms with Gasteiger partial charge in [0.05, 0.1) is 0 Å². The third-order valence-corrected chi connectivity index (χ3v) is 1.47. The van der Waals surface area contributed by atoms with Crippen molar-refractivity contribution in [2.75, 3.05) is 14.1 Å². The monoisotopic (exact) mass is 114 g/mol. The summed E-state index contributed by atoms with van der Waals surface area (Å²) in [4.78, 5) is 2.22. The molecule has 1 radical (unpaired) electrons. The first kappa shape index (κ1) is 7.96. The molecule has 49 valence electrons. The molecule has 0 aliphatic carbocycles. The van der Waals surface area contributed by atoms with Crippen molar-refractivity contribution in [3.63, 3.8) is 0 Å². The maximum absolute atomic E-state index is 2.22. The van der Waals surface area contributed by atoms with Crippen LogP contribution in [0.1, 0.15) is 20.3 Å². The summed E-state index contributed by atoms with van der Waals surface area (Å²) >= 11 is 0.